The summed E-state index contributed by atoms with van der Waals surface area (Å²) in [5, 5.41) is 11.3. The average molecular weight is 289 g/mol. The fourth-order valence-electron chi connectivity index (χ4n) is 2.36. The lowest BCUT2D eigenvalue weighted by Crippen LogP contribution is -1.98. The van der Waals surface area contributed by atoms with Crippen LogP contribution in [0.2, 0.25) is 0 Å². The van der Waals surface area contributed by atoms with E-state index in [4.69, 9.17) is 9.47 Å². The first-order valence-electron chi connectivity index (χ1n) is 6.99. The van der Waals surface area contributed by atoms with Crippen LogP contribution >= 0.6 is 0 Å². The van der Waals surface area contributed by atoms with Gasteiger partial charge in [0.25, 0.3) is 0 Å². The minimum absolute atomic E-state index is 0.409. The quantitative estimate of drug-likeness (QED) is 0.719. The Morgan fingerprint density at radius 3 is 2.45 bits per heavy atom. The molecule has 0 atom stereocenters. The van der Waals surface area contributed by atoms with Crippen LogP contribution in [0.5, 0.6) is 11.5 Å². The largest absolute Gasteiger partial charge is 0.497 e. The van der Waals surface area contributed by atoms with Crippen molar-refractivity contribution < 1.29 is 9.47 Å². The zero-order valence-electron chi connectivity index (χ0n) is 12.2. The summed E-state index contributed by atoms with van der Waals surface area (Å²) in [7, 11) is 1.64. The maximum Gasteiger partial charge on any atom is 0.145 e. The highest BCUT2D eigenvalue weighted by Crippen LogP contribution is 2.30. The molecule has 0 N–H and O–H groups in total. The molecular weight excluding hydrogens is 274 g/mol. The Hall–Kier alpha value is -2.99. The standard InChI is InChI=1S/C19H15NO2/c1-21-17-10-6-14(7-11-17)13-22-19-16(12-20)9-8-15-4-2-3-5-18(15)19/h2-11H,13H2,1H3. The molecule has 0 unspecified atom stereocenters. The Kier molecular flexibility index (Phi) is 3.93. The summed E-state index contributed by atoms with van der Waals surface area (Å²) in [6.07, 6.45) is 0. The first-order valence-corrected chi connectivity index (χ1v) is 6.99. The van der Waals surface area contributed by atoms with Gasteiger partial charge in [-0.25, -0.2) is 0 Å². The van der Waals surface area contributed by atoms with Gasteiger partial charge in [-0.15, -0.1) is 0 Å². The minimum atomic E-state index is 0.409. The van der Waals surface area contributed by atoms with Crippen LogP contribution in [0.25, 0.3) is 10.8 Å². The summed E-state index contributed by atoms with van der Waals surface area (Å²) in [6, 6.07) is 21.5. The number of ether oxygens (including phenoxy) is 2. The molecule has 3 nitrogen and oxygen atoms in total. The van der Waals surface area contributed by atoms with E-state index in [9.17, 15) is 5.26 Å². The molecule has 22 heavy (non-hydrogen) atoms. The van der Waals surface area contributed by atoms with Crippen molar-refractivity contribution in [3.63, 3.8) is 0 Å². The molecule has 3 heteroatoms. The minimum Gasteiger partial charge on any atom is -0.497 e. The molecule has 0 saturated heterocycles. The van der Waals surface area contributed by atoms with Gasteiger partial charge in [0.05, 0.1) is 12.7 Å². The summed E-state index contributed by atoms with van der Waals surface area (Å²) < 4.78 is 11.1. The number of hydrogen-bond donors (Lipinski definition) is 0. The van der Waals surface area contributed by atoms with Crippen molar-refractivity contribution in [3.05, 3.63) is 71.8 Å². The molecule has 0 radical (unpaired) electrons. The monoisotopic (exact) mass is 289 g/mol. The third kappa shape index (κ3) is 2.72. The smallest absolute Gasteiger partial charge is 0.145 e. The van der Waals surface area contributed by atoms with Gasteiger partial charge >= 0.3 is 0 Å². The Labute approximate surface area is 129 Å². The second-order valence-corrected chi connectivity index (χ2v) is 4.91. The van der Waals surface area contributed by atoms with Gasteiger partial charge < -0.3 is 9.47 Å². The summed E-state index contributed by atoms with van der Waals surface area (Å²) in [5.74, 6) is 1.45. The molecule has 0 fully saturated rings. The van der Waals surface area contributed by atoms with Crippen molar-refractivity contribution in [1.29, 1.82) is 5.26 Å². The zero-order valence-corrected chi connectivity index (χ0v) is 12.2. The van der Waals surface area contributed by atoms with E-state index in [-0.39, 0.29) is 0 Å². The molecule has 3 rings (SSSR count). The Morgan fingerprint density at radius 2 is 1.73 bits per heavy atom. The van der Waals surface area contributed by atoms with Crippen LogP contribution < -0.4 is 9.47 Å². The van der Waals surface area contributed by atoms with Crippen molar-refractivity contribution in [2.24, 2.45) is 0 Å². The number of rotatable bonds is 4. The average Bonchev–Trinajstić information content (AvgIpc) is 2.60. The molecule has 0 aromatic heterocycles. The second-order valence-electron chi connectivity index (χ2n) is 4.91. The van der Waals surface area contributed by atoms with E-state index >= 15 is 0 Å². The highest BCUT2D eigenvalue weighted by molar-refractivity contribution is 5.90. The Balaban J connectivity index is 1.90. The maximum absolute atomic E-state index is 9.30. The summed E-state index contributed by atoms with van der Waals surface area (Å²) in [4.78, 5) is 0. The number of nitriles is 1. The highest BCUT2D eigenvalue weighted by atomic mass is 16.5. The summed E-state index contributed by atoms with van der Waals surface area (Å²) in [6.45, 7) is 0.409. The third-order valence-corrected chi connectivity index (χ3v) is 3.54. The van der Waals surface area contributed by atoms with E-state index < -0.39 is 0 Å². The number of benzene rings is 3. The first-order chi connectivity index (χ1) is 10.8. The number of hydrogen-bond acceptors (Lipinski definition) is 3. The second kappa shape index (κ2) is 6.19. The van der Waals surface area contributed by atoms with Gasteiger partial charge in [-0.2, -0.15) is 5.26 Å². The Morgan fingerprint density at radius 1 is 0.955 bits per heavy atom. The lowest BCUT2D eigenvalue weighted by atomic mass is 10.1. The summed E-state index contributed by atoms with van der Waals surface area (Å²) >= 11 is 0. The van der Waals surface area contributed by atoms with E-state index in [1.54, 1.807) is 13.2 Å². The molecule has 0 aliphatic heterocycles. The van der Waals surface area contributed by atoms with Gasteiger partial charge in [0.1, 0.15) is 24.2 Å². The van der Waals surface area contributed by atoms with Crippen LogP contribution in [0, 0.1) is 11.3 Å². The SMILES string of the molecule is COc1ccc(COc2c(C#N)ccc3ccccc23)cc1. The van der Waals surface area contributed by atoms with Crippen molar-refractivity contribution >= 4 is 10.8 Å². The topological polar surface area (TPSA) is 42.2 Å². The number of fused-ring (bicyclic) bond motifs is 1. The predicted molar refractivity (Wildman–Crippen MR) is 86.0 cm³/mol. The lowest BCUT2D eigenvalue weighted by Gasteiger charge is -2.11. The molecule has 108 valence electrons. The van der Waals surface area contributed by atoms with Gasteiger partial charge in [0.2, 0.25) is 0 Å². The molecular formula is C19H15NO2. The van der Waals surface area contributed by atoms with E-state index in [2.05, 4.69) is 6.07 Å². The molecule has 0 spiro atoms. The normalized spacial score (nSPS) is 10.2. The molecule has 0 heterocycles. The fraction of sp³-hybridized carbons (Fsp3) is 0.105. The zero-order chi connectivity index (χ0) is 15.4. The van der Waals surface area contributed by atoms with Crippen LogP contribution in [0.1, 0.15) is 11.1 Å². The first kappa shape index (κ1) is 14.0. The molecule has 3 aromatic rings. The van der Waals surface area contributed by atoms with Gasteiger partial charge in [0.15, 0.2) is 0 Å². The van der Waals surface area contributed by atoms with Crippen molar-refractivity contribution in [1.82, 2.24) is 0 Å². The number of nitrogens with zero attached hydrogens (tertiary/aromatic N) is 1. The number of methoxy groups -OCH3 is 1. The third-order valence-electron chi connectivity index (χ3n) is 3.54. The van der Waals surface area contributed by atoms with Crippen LogP contribution in [-0.4, -0.2) is 7.11 Å². The van der Waals surface area contributed by atoms with Crippen molar-refractivity contribution in [2.75, 3.05) is 7.11 Å². The summed E-state index contributed by atoms with van der Waals surface area (Å²) in [5.41, 5.74) is 1.57. The molecule has 0 aliphatic carbocycles. The van der Waals surface area contributed by atoms with Crippen molar-refractivity contribution in [3.8, 4) is 17.6 Å². The van der Waals surface area contributed by atoms with Crippen molar-refractivity contribution in [2.45, 2.75) is 6.61 Å². The Bertz CT molecular complexity index is 832. The fourth-order valence-corrected chi connectivity index (χ4v) is 2.36. The van der Waals surface area contributed by atoms with E-state index in [1.165, 1.54) is 0 Å². The van der Waals surface area contributed by atoms with Gasteiger partial charge in [-0.05, 0) is 29.1 Å². The molecule has 0 saturated carbocycles. The maximum atomic E-state index is 9.30. The predicted octanol–water partition coefficient (Wildman–Crippen LogP) is 4.30. The molecule has 0 aliphatic rings. The van der Waals surface area contributed by atoms with Crippen LogP contribution in [0.15, 0.2) is 60.7 Å². The molecule has 0 bridgehead atoms. The highest BCUT2D eigenvalue weighted by Gasteiger charge is 2.09. The molecule has 0 amide bonds. The van der Waals surface area contributed by atoms with E-state index in [0.717, 1.165) is 22.1 Å². The van der Waals surface area contributed by atoms with Gasteiger partial charge in [0, 0.05) is 5.39 Å². The van der Waals surface area contributed by atoms with Crippen LogP contribution in [-0.2, 0) is 6.61 Å². The van der Waals surface area contributed by atoms with E-state index in [1.807, 2.05) is 54.6 Å². The van der Waals surface area contributed by atoms with E-state index in [0.29, 0.717) is 17.9 Å². The van der Waals surface area contributed by atoms with Gasteiger partial charge in [-0.3, -0.25) is 0 Å². The lowest BCUT2D eigenvalue weighted by molar-refractivity contribution is 0.309. The molecule has 3 aromatic carbocycles. The van der Waals surface area contributed by atoms with Gasteiger partial charge in [-0.1, -0.05) is 42.5 Å². The van der Waals surface area contributed by atoms with Crippen LogP contribution in [0.3, 0.4) is 0 Å². The van der Waals surface area contributed by atoms with Crippen LogP contribution in [0.4, 0.5) is 0 Å².